The molecule has 7 heteroatoms. The first-order valence-electron chi connectivity index (χ1n) is 3.24. The van der Waals surface area contributed by atoms with E-state index in [9.17, 15) is 9.59 Å². The Bertz CT molecular complexity index is 310. The highest BCUT2D eigenvalue weighted by atomic mass is 32.2. The molecule has 1 amide bonds. The number of hydrogen-bond donors (Lipinski definition) is 2. The van der Waals surface area contributed by atoms with E-state index in [4.69, 9.17) is 5.84 Å². The lowest BCUT2D eigenvalue weighted by Crippen LogP contribution is -2.20. The Morgan fingerprint density at radius 2 is 2.46 bits per heavy atom. The summed E-state index contributed by atoms with van der Waals surface area (Å²) in [5.41, 5.74) is 0. The molecule has 1 aliphatic heterocycles. The molecular formula is C6H7N3O3S. The molecule has 0 aromatic rings. The average molecular weight is 201 g/mol. The van der Waals surface area contributed by atoms with Gasteiger partial charge in [0.05, 0.1) is 12.0 Å². The molecule has 13 heavy (non-hydrogen) atoms. The van der Waals surface area contributed by atoms with E-state index in [0.29, 0.717) is 0 Å². The van der Waals surface area contributed by atoms with Gasteiger partial charge in [0, 0.05) is 6.08 Å². The molecule has 1 aliphatic rings. The topological polar surface area (TPSA) is 93.8 Å². The van der Waals surface area contributed by atoms with Crippen molar-refractivity contribution in [1.29, 1.82) is 0 Å². The molecule has 0 atom stereocenters. The maximum absolute atomic E-state index is 11.1. The normalized spacial score (nSPS) is 22.1. The maximum atomic E-state index is 11.1. The summed E-state index contributed by atoms with van der Waals surface area (Å²) in [6, 6.07) is 0. The van der Waals surface area contributed by atoms with Gasteiger partial charge in [-0.15, -0.1) is 0 Å². The number of nitrogens with two attached hydrogens (primary N) is 1. The van der Waals surface area contributed by atoms with Gasteiger partial charge in [0.2, 0.25) is 0 Å². The second-order valence-electron chi connectivity index (χ2n) is 2.02. The van der Waals surface area contributed by atoms with Crippen LogP contribution in [0.4, 0.5) is 0 Å². The van der Waals surface area contributed by atoms with E-state index in [2.05, 4.69) is 15.2 Å². The zero-order valence-corrected chi connectivity index (χ0v) is 7.55. The van der Waals surface area contributed by atoms with Gasteiger partial charge >= 0.3 is 5.97 Å². The van der Waals surface area contributed by atoms with Gasteiger partial charge in [0.15, 0.2) is 5.17 Å². The lowest BCUT2D eigenvalue weighted by Gasteiger charge is -1.90. The number of carbonyl (C=O) groups is 2. The van der Waals surface area contributed by atoms with Gasteiger partial charge in [-0.25, -0.2) is 4.79 Å². The number of hydrazone groups is 1. The Morgan fingerprint density at radius 3 is 2.92 bits per heavy atom. The van der Waals surface area contributed by atoms with Crippen molar-refractivity contribution in [2.24, 2.45) is 10.9 Å². The van der Waals surface area contributed by atoms with E-state index < -0.39 is 11.9 Å². The van der Waals surface area contributed by atoms with Crippen LogP contribution < -0.4 is 11.2 Å². The van der Waals surface area contributed by atoms with Gasteiger partial charge in [0.25, 0.3) is 5.91 Å². The quantitative estimate of drug-likeness (QED) is 0.249. The van der Waals surface area contributed by atoms with Gasteiger partial charge in [0.1, 0.15) is 0 Å². The lowest BCUT2D eigenvalue weighted by atomic mass is 10.4. The molecule has 0 spiro atoms. The number of hydrogen-bond acceptors (Lipinski definition) is 6. The highest BCUT2D eigenvalue weighted by molar-refractivity contribution is 8.18. The molecule has 0 unspecified atom stereocenters. The lowest BCUT2D eigenvalue weighted by molar-refractivity contribution is -0.135. The predicted molar refractivity (Wildman–Crippen MR) is 47.5 cm³/mol. The zero-order chi connectivity index (χ0) is 9.84. The van der Waals surface area contributed by atoms with Crippen LogP contribution in [0.3, 0.4) is 0 Å². The molecule has 3 N–H and O–H groups in total. The first-order valence-corrected chi connectivity index (χ1v) is 4.05. The third-order valence-electron chi connectivity index (χ3n) is 1.22. The van der Waals surface area contributed by atoms with Crippen molar-refractivity contribution in [2.45, 2.75) is 0 Å². The zero-order valence-electron chi connectivity index (χ0n) is 6.73. The van der Waals surface area contributed by atoms with E-state index in [1.165, 1.54) is 7.11 Å². The van der Waals surface area contributed by atoms with E-state index in [1.807, 2.05) is 0 Å². The number of nitrogens with one attached hydrogen (secondary N) is 1. The Kier molecular flexibility index (Phi) is 2.91. The minimum atomic E-state index is -0.587. The molecule has 70 valence electrons. The first kappa shape index (κ1) is 9.59. The van der Waals surface area contributed by atoms with Crippen molar-refractivity contribution in [3.63, 3.8) is 0 Å². The molecule has 0 aromatic heterocycles. The van der Waals surface area contributed by atoms with Crippen LogP contribution in [0, 0.1) is 0 Å². The van der Waals surface area contributed by atoms with Crippen molar-refractivity contribution in [1.82, 2.24) is 5.32 Å². The summed E-state index contributed by atoms with van der Waals surface area (Å²) in [4.78, 5) is 22.0. The molecule has 0 saturated carbocycles. The van der Waals surface area contributed by atoms with Crippen LogP contribution in [0.15, 0.2) is 16.1 Å². The summed E-state index contributed by atoms with van der Waals surface area (Å²) in [7, 11) is 1.23. The fourth-order valence-corrected chi connectivity index (χ4v) is 1.36. The molecule has 0 radical (unpaired) electrons. The third-order valence-corrected chi connectivity index (χ3v) is 2.14. The van der Waals surface area contributed by atoms with Crippen molar-refractivity contribution < 1.29 is 14.3 Å². The summed E-state index contributed by atoms with van der Waals surface area (Å²) in [5, 5.41) is 5.90. The fraction of sp³-hybridized carbons (Fsp3) is 0.167. The second kappa shape index (κ2) is 3.94. The van der Waals surface area contributed by atoms with Crippen LogP contribution in [0.5, 0.6) is 0 Å². The number of nitrogens with zero attached hydrogens (tertiary/aromatic N) is 1. The van der Waals surface area contributed by atoms with E-state index in [1.54, 1.807) is 0 Å². The van der Waals surface area contributed by atoms with Gasteiger partial charge < -0.3 is 10.6 Å². The number of methoxy groups -OCH3 is 1. The number of amidine groups is 1. The van der Waals surface area contributed by atoms with Crippen molar-refractivity contribution >= 4 is 28.8 Å². The van der Waals surface area contributed by atoms with Gasteiger partial charge in [-0.3, -0.25) is 10.1 Å². The summed E-state index contributed by atoms with van der Waals surface area (Å²) in [6.07, 6.45) is 1.08. The van der Waals surface area contributed by atoms with Crippen LogP contribution in [-0.4, -0.2) is 24.2 Å². The average Bonchev–Trinajstić information content (AvgIpc) is 2.47. The van der Waals surface area contributed by atoms with E-state index in [-0.39, 0.29) is 10.1 Å². The highest BCUT2D eigenvalue weighted by Gasteiger charge is 2.24. The largest absolute Gasteiger partial charge is 0.466 e. The third kappa shape index (κ3) is 2.22. The number of thioether (sulfide) groups is 1. The van der Waals surface area contributed by atoms with Crippen molar-refractivity contribution in [3.05, 3.63) is 11.0 Å². The molecule has 1 rings (SSSR count). The summed E-state index contributed by atoms with van der Waals surface area (Å²) >= 11 is 0.987. The van der Waals surface area contributed by atoms with Crippen molar-refractivity contribution in [2.75, 3.05) is 7.11 Å². The number of carbonyl (C=O) groups excluding carboxylic acids is 2. The maximum Gasteiger partial charge on any atom is 0.331 e. The number of amides is 1. The van der Waals surface area contributed by atoms with Gasteiger partial charge in [-0.05, 0) is 11.8 Å². The second-order valence-corrected chi connectivity index (χ2v) is 3.05. The molecule has 6 nitrogen and oxygen atoms in total. The molecule has 0 aliphatic carbocycles. The van der Waals surface area contributed by atoms with E-state index >= 15 is 0 Å². The van der Waals surface area contributed by atoms with Crippen molar-refractivity contribution in [3.8, 4) is 0 Å². The summed E-state index contributed by atoms with van der Waals surface area (Å²) in [5.74, 6) is 3.94. The summed E-state index contributed by atoms with van der Waals surface area (Å²) in [6.45, 7) is 0. The number of rotatable bonds is 1. The predicted octanol–water partition coefficient (Wildman–Crippen LogP) is -0.864. The molecule has 1 saturated heterocycles. The number of ether oxygens (including phenoxy) is 1. The smallest absolute Gasteiger partial charge is 0.331 e. The van der Waals surface area contributed by atoms with Crippen LogP contribution in [0.1, 0.15) is 0 Å². The monoisotopic (exact) mass is 201 g/mol. The Balaban J connectivity index is 2.78. The van der Waals surface area contributed by atoms with Crippen LogP contribution in [-0.2, 0) is 14.3 Å². The molecule has 0 bridgehead atoms. The highest BCUT2D eigenvalue weighted by Crippen LogP contribution is 2.22. The summed E-state index contributed by atoms with van der Waals surface area (Å²) < 4.78 is 4.35. The Morgan fingerprint density at radius 1 is 1.77 bits per heavy atom. The molecule has 1 heterocycles. The van der Waals surface area contributed by atoms with Gasteiger partial charge in [-0.1, -0.05) is 0 Å². The SMILES string of the molecule is COC(=O)C=C1S/C(=N/N)NC1=O. The van der Waals surface area contributed by atoms with Crippen LogP contribution in [0.25, 0.3) is 0 Å². The Hall–Kier alpha value is -1.50. The first-order chi connectivity index (χ1) is 6.17. The minimum absolute atomic E-state index is 0.219. The standard InChI is InChI=1S/C6H7N3O3S/c1-12-4(10)2-3-5(11)8-6(9-7)13-3/h2H,7H2,1H3,(H,8,9,11). The fourth-order valence-electron chi connectivity index (χ4n) is 0.654. The molecule has 0 aromatic carbocycles. The van der Waals surface area contributed by atoms with Crippen LogP contribution >= 0.6 is 11.8 Å². The molecule has 1 fully saturated rings. The molecular weight excluding hydrogens is 194 g/mol. The Labute approximate surface area is 78.2 Å². The van der Waals surface area contributed by atoms with Gasteiger partial charge in [-0.2, -0.15) is 5.10 Å². The minimum Gasteiger partial charge on any atom is -0.466 e. The number of esters is 1. The van der Waals surface area contributed by atoms with Crippen LogP contribution in [0.2, 0.25) is 0 Å². The van der Waals surface area contributed by atoms with E-state index in [0.717, 1.165) is 17.8 Å².